The van der Waals surface area contributed by atoms with Crippen LogP contribution in [0.4, 0.5) is 0 Å². The maximum atomic E-state index is 11.4. The minimum atomic E-state index is 0.0205. The Morgan fingerprint density at radius 1 is 1.69 bits per heavy atom. The van der Waals surface area contributed by atoms with E-state index in [1.54, 1.807) is 11.8 Å². The van der Waals surface area contributed by atoms with Gasteiger partial charge >= 0.3 is 0 Å². The van der Waals surface area contributed by atoms with Gasteiger partial charge in [0.1, 0.15) is 0 Å². The lowest BCUT2D eigenvalue weighted by Gasteiger charge is -2.13. The molecule has 0 aromatic rings. The molecule has 0 aliphatic carbocycles. The van der Waals surface area contributed by atoms with Gasteiger partial charge in [-0.2, -0.15) is 0 Å². The van der Waals surface area contributed by atoms with Crippen molar-refractivity contribution >= 4 is 17.7 Å². The molecule has 1 aliphatic heterocycles. The fourth-order valence-electron chi connectivity index (χ4n) is 1.09. The lowest BCUT2D eigenvalue weighted by Crippen LogP contribution is -2.43. The van der Waals surface area contributed by atoms with Gasteiger partial charge in [0, 0.05) is 24.7 Å². The molecule has 1 aliphatic rings. The topological polar surface area (TPSA) is 44.4 Å². The maximum absolute atomic E-state index is 11.4. The van der Waals surface area contributed by atoms with Crippen LogP contribution in [0.1, 0.15) is 0 Å². The summed E-state index contributed by atoms with van der Waals surface area (Å²) in [6, 6.07) is 0.0205. The summed E-state index contributed by atoms with van der Waals surface area (Å²) in [5, 5.41) is 6.03. The van der Waals surface area contributed by atoms with E-state index in [0.29, 0.717) is 0 Å². The minimum absolute atomic E-state index is 0.0205. The third-order valence-corrected chi connectivity index (χ3v) is 2.83. The molecule has 1 rings (SSSR count). The van der Waals surface area contributed by atoms with Crippen LogP contribution < -0.4 is 10.6 Å². The fourth-order valence-corrected chi connectivity index (χ4v) is 2.03. The quantitative estimate of drug-likeness (QED) is 0.636. The van der Waals surface area contributed by atoms with Crippen molar-refractivity contribution in [2.45, 2.75) is 6.04 Å². The molecule has 1 fully saturated rings. The molecule has 0 bridgehead atoms. The molecule has 13 heavy (non-hydrogen) atoms. The van der Waals surface area contributed by atoms with Gasteiger partial charge in [0.2, 0.25) is 5.91 Å². The Bertz CT molecular complexity index is 169. The Morgan fingerprint density at radius 3 is 3.00 bits per heavy atom. The van der Waals surface area contributed by atoms with Gasteiger partial charge in [-0.15, -0.1) is 11.8 Å². The van der Waals surface area contributed by atoms with Gasteiger partial charge in [0.15, 0.2) is 0 Å². The summed E-state index contributed by atoms with van der Waals surface area (Å²) in [5.41, 5.74) is 0. The standard InChI is InChI=1S/C8H17N3OS/c1-11(2)4-3-9-8(12)7-5-13-6-10-7/h7,10H,3-6H2,1-2H3,(H,9,12)/t7-/m1/s1. The summed E-state index contributed by atoms with van der Waals surface area (Å²) in [4.78, 5) is 13.5. The summed E-state index contributed by atoms with van der Waals surface area (Å²) in [7, 11) is 3.99. The molecular weight excluding hydrogens is 186 g/mol. The maximum Gasteiger partial charge on any atom is 0.238 e. The molecule has 5 heteroatoms. The molecular formula is C8H17N3OS. The smallest absolute Gasteiger partial charge is 0.238 e. The highest BCUT2D eigenvalue weighted by Gasteiger charge is 2.21. The zero-order chi connectivity index (χ0) is 9.68. The third kappa shape index (κ3) is 3.97. The number of nitrogens with zero attached hydrogens (tertiary/aromatic N) is 1. The van der Waals surface area contributed by atoms with Crippen LogP contribution in [0.2, 0.25) is 0 Å². The first kappa shape index (κ1) is 10.8. The molecule has 1 amide bonds. The molecule has 1 heterocycles. The SMILES string of the molecule is CN(C)CCNC(=O)[C@H]1CSCN1. The molecule has 1 atom stereocenters. The first-order chi connectivity index (χ1) is 6.20. The lowest BCUT2D eigenvalue weighted by molar-refractivity contribution is -0.122. The van der Waals surface area contributed by atoms with Gasteiger partial charge in [-0.05, 0) is 14.1 Å². The summed E-state index contributed by atoms with van der Waals surface area (Å²) in [5.74, 6) is 1.92. The molecule has 0 saturated carbocycles. The predicted molar refractivity (Wildman–Crippen MR) is 55.8 cm³/mol. The number of likely N-dealkylation sites (N-methyl/N-ethyl adjacent to an activating group) is 1. The highest BCUT2D eigenvalue weighted by atomic mass is 32.2. The molecule has 1 saturated heterocycles. The Balaban J connectivity index is 2.10. The van der Waals surface area contributed by atoms with Crippen LogP contribution in [0, 0.1) is 0 Å². The second-order valence-corrected chi connectivity index (χ2v) is 4.40. The van der Waals surface area contributed by atoms with Crippen LogP contribution >= 0.6 is 11.8 Å². The molecule has 0 unspecified atom stereocenters. The number of amides is 1. The lowest BCUT2D eigenvalue weighted by atomic mass is 10.3. The average molecular weight is 203 g/mol. The van der Waals surface area contributed by atoms with Crippen LogP contribution in [-0.4, -0.2) is 55.7 Å². The second-order valence-electron chi connectivity index (χ2n) is 3.37. The highest BCUT2D eigenvalue weighted by molar-refractivity contribution is 7.99. The van der Waals surface area contributed by atoms with E-state index in [1.165, 1.54) is 0 Å². The van der Waals surface area contributed by atoms with E-state index in [-0.39, 0.29) is 11.9 Å². The minimum Gasteiger partial charge on any atom is -0.353 e. The number of carbonyl (C=O) groups is 1. The van der Waals surface area contributed by atoms with E-state index in [1.807, 2.05) is 14.1 Å². The van der Waals surface area contributed by atoms with Crippen molar-refractivity contribution in [3.8, 4) is 0 Å². The van der Waals surface area contributed by atoms with E-state index in [9.17, 15) is 4.79 Å². The zero-order valence-electron chi connectivity index (χ0n) is 8.17. The highest BCUT2D eigenvalue weighted by Crippen LogP contribution is 2.08. The van der Waals surface area contributed by atoms with Crippen molar-refractivity contribution in [1.82, 2.24) is 15.5 Å². The molecule has 0 aromatic heterocycles. The van der Waals surface area contributed by atoms with E-state index in [0.717, 1.165) is 24.7 Å². The van der Waals surface area contributed by atoms with Gasteiger partial charge < -0.3 is 10.2 Å². The number of hydrogen-bond donors (Lipinski definition) is 2. The van der Waals surface area contributed by atoms with Gasteiger partial charge in [-0.1, -0.05) is 0 Å². The van der Waals surface area contributed by atoms with E-state index in [4.69, 9.17) is 0 Å². The number of nitrogens with one attached hydrogen (secondary N) is 2. The second kappa shape index (κ2) is 5.47. The average Bonchev–Trinajstić information content (AvgIpc) is 2.55. The van der Waals surface area contributed by atoms with Crippen molar-refractivity contribution in [2.75, 3.05) is 38.8 Å². The number of carbonyl (C=O) groups excluding carboxylic acids is 1. The first-order valence-corrected chi connectivity index (χ1v) is 5.59. The van der Waals surface area contributed by atoms with Crippen molar-refractivity contribution < 1.29 is 4.79 Å². The fraction of sp³-hybridized carbons (Fsp3) is 0.875. The van der Waals surface area contributed by atoms with E-state index in [2.05, 4.69) is 15.5 Å². The molecule has 0 aromatic carbocycles. The van der Waals surface area contributed by atoms with E-state index >= 15 is 0 Å². The summed E-state index contributed by atoms with van der Waals surface area (Å²) >= 11 is 1.77. The molecule has 4 nitrogen and oxygen atoms in total. The molecule has 2 N–H and O–H groups in total. The summed E-state index contributed by atoms with van der Waals surface area (Å²) < 4.78 is 0. The normalized spacial score (nSPS) is 22.2. The predicted octanol–water partition coefficient (Wildman–Crippen LogP) is -0.673. The monoisotopic (exact) mass is 203 g/mol. The van der Waals surface area contributed by atoms with Gasteiger partial charge in [0.25, 0.3) is 0 Å². The van der Waals surface area contributed by atoms with Crippen LogP contribution in [0.3, 0.4) is 0 Å². The van der Waals surface area contributed by atoms with Gasteiger partial charge in [-0.25, -0.2) is 0 Å². The zero-order valence-corrected chi connectivity index (χ0v) is 8.99. The summed E-state index contributed by atoms with van der Waals surface area (Å²) in [6.07, 6.45) is 0. The van der Waals surface area contributed by atoms with Crippen molar-refractivity contribution in [1.29, 1.82) is 0 Å². The van der Waals surface area contributed by atoms with E-state index < -0.39 is 0 Å². The molecule has 0 radical (unpaired) electrons. The number of rotatable bonds is 4. The Hall–Kier alpha value is -0.260. The van der Waals surface area contributed by atoms with Crippen LogP contribution in [-0.2, 0) is 4.79 Å². The molecule has 76 valence electrons. The van der Waals surface area contributed by atoms with Crippen molar-refractivity contribution in [3.05, 3.63) is 0 Å². The van der Waals surface area contributed by atoms with Crippen molar-refractivity contribution in [2.24, 2.45) is 0 Å². The van der Waals surface area contributed by atoms with Crippen LogP contribution in [0.15, 0.2) is 0 Å². The van der Waals surface area contributed by atoms with Gasteiger partial charge in [0.05, 0.1) is 6.04 Å². The van der Waals surface area contributed by atoms with Crippen LogP contribution in [0.5, 0.6) is 0 Å². The van der Waals surface area contributed by atoms with Gasteiger partial charge in [-0.3, -0.25) is 10.1 Å². The number of hydrogen-bond acceptors (Lipinski definition) is 4. The number of thioether (sulfide) groups is 1. The third-order valence-electron chi connectivity index (χ3n) is 1.89. The van der Waals surface area contributed by atoms with Crippen LogP contribution in [0.25, 0.3) is 0 Å². The largest absolute Gasteiger partial charge is 0.353 e. The summed E-state index contributed by atoms with van der Waals surface area (Å²) in [6.45, 7) is 1.63. The Kier molecular flexibility index (Phi) is 4.55. The first-order valence-electron chi connectivity index (χ1n) is 4.43. The van der Waals surface area contributed by atoms with Crippen molar-refractivity contribution in [3.63, 3.8) is 0 Å². The molecule has 0 spiro atoms. The Labute approximate surface area is 83.4 Å². The Morgan fingerprint density at radius 2 is 2.46 bits per heavy atom.